The lowest BCUT2D eigenvalue weighted by atomic mass is 10.2. The van der Waals surface area contributed by atoms with Crippen molar-refractivity contribution >= 4 is 22.4 Å². The van der Waals surface area contributed by atoms with Crippen molar-refractivity contribution in [3.8, 4) is 11.5 Å². The SMILES string of the molecule is CN(Cc1ccc2c(c1)OCCO2)C(=O)c1csc(N)n1. The van der Waals surface area contributed by atoms with Crippen LogP contribution in [0.2, 0.25) is 0 Å². The number of anilines is 1. The Balaban J connectivity index is 1.72. The fourth-order valence-electron chi connectivity index (χ4n) is 2.11. The third-order valence-corrected chi connectivity index (χ3v) is 3.79. The molecule has 0 aliphatic carbocycles. The molecule has 1 aliphatic heterocycles. The minimum atomic E-state index is -0.155. The zero-order valence-corrected chi connectivity index (χ0v) is 12.4. The number of ether oxygens (including phenoxy) is 2. The molecule has 7 heteroatoms. The van der Waals surface area contributed by atoms with Gasteiger partial charge in [-0.3, -0.25) is 4.79 Å². The number of benzene rings is 1. The van der Waals surface area contributed by atoms with Gasteiger partial charge in [-0.2, -0.15) is 0 Å². The summed E-state index contributed by atoms with van der Waals surface area (Å²) in [6.07, 6.45) is 0. The molecule has 6 nitrogen and oxygen atoms in total. The molecule has 0 atom stereocenters. The molecule has 0 saturated heterocycles. The van der Waals surface area contributed by atoms with E-state index in [0.717, 1.165) is 17.1 Å². The summed E-state index contributed by atoms with van der Waals surface area (Å²) in [7, 11) is 1.73. The van der Waals surface area contributed by atoms with E-state index in [1.165, 1.54) is 11.3 Å². The monoisotopic (exact) mass is 305 g/mol. The van der Waals surface area contributed by atoms with Crippen molar-refractivity contribution in [3.63, 3.8) is 0 Å². The summed E-state index contributed by atoms with van der Waals surface area (Å²) in [5.41, 5.74) is 6.90. The average molecular weight is 305 g/mol. The number of thiazole rings is 1. The van der Waals surface area contributed by atoms with Crippen LogP contribution >= 0.6 is 11.3 Å². The van der Waals surface area contributed by atoms with Gasteiger partial charge in [0.25, 0.3) is 5.91 Å². The van der Waals surface area contributed by atoms with Crippen LogP contribution in [0.3, 0.4) is 0 Å². The third-order valence-electron chi connectivity index (χ3n) is 3.11. The molecule has 1 amide bonds. The summed E-state index contributed by atoms with van der Waals surface area (Å²) in [5.74, 6) is 1.31. The largest absolute Gasteiger partial charge is 0.486 e. The van der Waals surface area contributed by atoms with Gasteiger partial charge in [-0.1, -0.05) is 6.07 Å². The smallest absolute Gasteiger partial charge is 0.273 e. The number of nitrogens with two attached hydrogens (primary N) is 1. The molecule has 1 aliphatic rings. The van der Waals surface area contributed by atoms with Gasteiger partial charge in [0.05, 0.1) is 0 Å². The fourth-order valence-corrected chi connectivity index (χ4v) is 2.65. The van der Waals surface area contributed by atoms with Crippen LogP contribution < -0.4 is 15.2 Å². The van der Waals surface area contributed by atoms with Gasteiger partial charge in [-0.05, 0) is 17.7 Å². The van der Waals surface area contributed by atoms with E-state index < -0.39 is 0 Å². The van der Waals surface area contributed by atoms with Crippen LogP contribution in [0.25, 0.3) is 0 Å². The number of hydrogen-bond donors (Lipinski definition) is 1. The highest BCUT2D eigenvalue weighted by Crippen LogP contribution is 2.31. The van der Waals surface area contributed by atoms with E-state index in [9.17, 15) is 4.79 Å². The number of fused-ring (bicyclic) bond motifs is 1. The van der Waals surface area contributed by atoms with E-state index in [4.69, 9.17) is 15.2 Å². The molecular formula is C14H15N3O3S. The van der Waals surface area contributed by atoms with Crippen molar-refractivity contribution in [1.29, 1.82) is 0 Å². The second-order valence-electron chi connectivity index (χ2n) is 4.71. The van der Waals surface area contributed by atoms with Gasteiger partial charge in [0, 0.05) is 19.0 Å². The molecule has 110 valence electrons. The van der Waals surface area contributed by atoms with Crippen LogP contribution in [0.15, 0.2) is 23.6 Å². The summed E-state index contributed by atoms with van der Waals surface area (Å²) >= 11 is 1.26. The van der Waals surface area contributed by atoms with E-state index in [0.29, 0.717) is 30.6 Å². The Labute approximate surface area is 126 Å². The molecule has 0 bridgehead atoms. The average Bonchev–Trinajstić information content (AvgIpc) is 2.93. The van der Waals surface area contributed by atoms with Crippen LogP contribution in [-0.2, 0) is 6.54 Å². The number of nitrogens with zero attached hydrogens (tertiary/aromatic N) is 2. The zero-order chi connectivity index (χ0) is 14.8. The summed E-state index contributed by atoms with van der Waals surface area (Å²) in [4.78, 5) is 17.8. The number of carbonyl (C=O) groups excluding carboxylic acids is 1. The Bertz CT molecular complexity index is 671. The van der Waals surface area contributed by atoms with Gasteiger partial charge >= 0.3 is 0 Å². The van der Waals surface area contributed by atoms with Crippen molar-refractivity contribution in [1.82, 2.24) is 9.88 Å². The molecule has 0 unspecified atom stereocenters. The molecule has 2 N–H and O–H groups in total. The molecule has 0 fully saturated rings. The normalized spacial score (nSPS) is 13.0. The molecule has 0 radical (unpaired) electrons. The van der Waals surface area contributed by atoms with Gasteiger partial charge in [0.15, 0.2) is 16.6 Å². The van der Waals surface area contributed by atoms with Gasteiger partial charge in [0.1, 0.15) is 18.9 Å². The van der Waals surface area contributed by atoms with Gasteiger partial charge in [-0.25, -0.2) is 4.98 Å². The maximum Gasteiger partial charge on any atom is 0.273 e. The highest BCUT2D eigenvalue weighted by Gasteiger charge is 2.17. The molecular weight excluding hydrogens is 290 g/mol. The Morgan fingerprint density at radius 1 is 1.38 bits per heavy atom. The summed E-state index contributed by atoms with van der Waals surface area (Å²) in [6.45, 7) is 1.58. The lowest BCUT2D eigenvalue weighted by molar-refractivity contribution is 0.0780. The topological polar surface area (TPSA) is 77.7 Å². The minimum Gasteiger partial charge on any atom is -0.486 e. The van der Waals surface area contributed by atoms with Crippen LogP contribution in [0, 0.1) is 0 Å². The molecule has 1 aromatic carbocycles. The second kappa shape index (κ2) is 5.61. The Hall–Kier alpha value is -2.28. The van der Waals surface area contributed by atoms with Crippen molar-refractivity contribution in [3.05, 3.63) is 34.8 Å². The zero-order valence-electron chi connectivity index (χ0n) is 11.5. The first kappa shape index (κ1) is 13.7. The summed E-state index contributed by atoms with van der Waals surface area (Å²) in [6, 6.07) is 5.68. The standard InChI is InChI=1S/C14H15N3O3S/c1-17(13(18)10-8-21-14(15)16-10)7-9-2-3-11-12(6-9)20-5-4-19-11/h2-3,6,8H,4-5,7H2,1H3,(H2,15,16). The first-order chi connectivity index (χ1) is 10.1. The van der Waals surface area contributed by atoms with Crippen molar-refractivity contribution in [2.45, 2.75) is 6.54 Å². The highest BCUT2D eigenvalue weighted by atomic mass is 32.1. The number of carbonyl (C=O) groups is 1. The van der Waals surface area contributed by atoms with E-state index in [2.05, 4.69) is 4.98 Å². The van der Waals surface area contributed by atoms with E-state index in [-0.39, 0.29) is 5.91 Å². The highest BCUT2D eigenvalue weighted by molar-refractivity contribution is 7.13. The molecule has 0 saturated carbocycles. The first-order valence-corrected chi connectivity index (χ1v) is 7.36. The Morgan fingerprint density at radius 3 is 2.86 bits per heavy atom. The lowest BCUT2D eigenvalue weighted by Gasteiger charge is -2.20. The molecule has 0 spiro atoms. The lowest BCUT2D eigenvalue weighted by Crippen LogP contribution is -2.26. The number of amides is 1. The van der Waals surface area contributed by atoms with E-state index in [1.54, 1.807) is 17.3 Å². The maximum absolute atomic E-state index is 12.2. The Morgan fingerprint density at radius 2 is 2.14 bits per heavy atom. The van der Waals surface area contributed by atoms with Gasteiger partial charge < -0.3 is 20.1 Å². The Kier molecular flexibility index (Phi) is 3.66. The quantitative estimate of drug-likeness (QED) is 0.935. The van der Waals surface area contributed by atoms with Crippen molar-refractivity contribution in [2.75, 3.05) is 26.0 Å². The molecule has 3 rings (SSSR count). The molecule has 21 heavy (non-hydrogen) atoms. The second-order valence-corrected chi connectivity index (χ2v) is 5.60. The number of aromatic nitrogens is 1. The van der Waals surface area contributed by atoms with Crippen LogP contribution in [-0.4, -0.2) is 36.1 Å². The summed E-state index contributed by atoms with van der Waals surface area (Å²) < 4.78 is 11.0. The number of hydrogen-bond acceptors (Lipinski definition) is 6. The number of nitrogen functional groups attached to an aromatic ring is 1. The van der Waals surface area contributed by atoms with E-state index >= 15 is 0 Å². The van der Waals surface area contributed by atoms with Crippen molar-refractivity contribution < 1.29 is 14.3 Å². The van der Waals surface area contributed by atoms with E-state index in [1.807, 2.05) is 18.2 Å². The molecule has 2 aromatic rings. The summed E-state index contributed by atoms with van der Waals surface area (Å²) in [5, 5.41) is 2.06. The predicted molar refractivity (Wildman–Crippen MR) is 79.8 cm³/mol. The number of rotatable bonds is 3. The minimum absolute atomic E-state index is 0.155. The van der Waals surface area contributed by atoms with Crippen LogP contribution in [0.4, 0.5) is 5.13 Å². The third kappa shape index (κ3) is 2.92. The first-order valence-electron chi connectivity index (χ1n) is 6.48. The fraction of sp³-hybridized carbons (Fsp3) is 0.286. The molecule has 2 heterocycles. The van der Waals surface area contributed by atoms with Crippen molar-refractivity contribution in [2.24, 2.45) is 0 Å². The predicted octanol–water partition coefficient (Wildman–Crippen LogP) is 1.77. The maximum atomic E-state index is 12.2. The van der Waals surface area contributed by atoms with Gasteiger partial charge in [-0.15, -0.1) is 11.3 Å². The van der Waals surface area contributed by atoms with Crippen LogP contribution in [0.1, 0.15) is 16.1 Å². The van der Waals surface area contributed by atoms with Gasteiger partial charge in [0.2, 0.25) is 0 Å². The molecule has 1 aromatic heterocycles. The van der Waals surface area contributed by atoms with Crippen LogP contribution in [0.5, 0.6) is 11.5 Å².